The number of carbonyl (C=O) groups excluding carboxylic acids is 1. The molecular weight excluding hydrogens is 360 g/mol. The zero-order valence-corrected chi connectivity index (χ0v) is 15.6. The highest BCUT2D eigenvalue weighted by molar-refractivity contribution is 7.91. The summed E-state index contributed by atoms with van der Waals surface area (Å²) < 4.78 is 24.5. The van der Waals surface area contributed by atoms with Crippen LogP contribution in [0, 0.1) is 6.92 Å². The third-order valence-electron chi connectivity index (χ3n) is 4.40. The zero-order valence-electron chi connectivity index (χ0n) is 14.0. The number of nitrogens with zero attached hydrogens (tertiary/aromatic N) is 1. The first kappa shape index (κ1) is 17.8. The second-order valence-electron chi connectivity index (χ2n) is 6.27. The molecule has 2 amide bonds. The zero-order chi connectivity index (χ0) is 18.2. The first-order chi connectivity index (χ1) is 11.8. The maximum atomic E-state index is 12.8. The van der Waals surface area contributed by atoms with Gasteiger partial charge in [-0.05, 0) is 35.7 Å². The number of hydrogen-bond acceptors (Lipinski definition) is 3. The Morgan fingerprint density at radius 3 is 2.56 bits per heavy atom. The summed E-state index contributed by atoms with van der Waals surface area (Å²) >= 11 is 5.99. The number of carbonyl (C=O) groups is 1. The Labute approximate surface area is 152 Å². The van der Waals surface area contributed by atoms with Gasteiger partial charge < -0.3 is 10.2 Å². The van der Waals surface area contributed by atoms with Crippen molar-refractivity contribution in [2.45, 2.75) is 25.3 Å². The molecular formula is C18H19ClN2O3S. The van der Waals surface area contributed by atoms with E-state index in [1.54, 1.807) is 18.2 Å². The average Bonchev–Trinajstić information content (AvgIpc) is 2.56. The van der Waals surface area contributed by atoms with Crippen molar-refractivity contribution in [2.24, 2.45) is 0 Å². The van der Waals surface area contributed by atoms with Gasteiger partial charge >= 0.3 is 6.03 Å². The highest BCUT2D eigenvalue weighted by Gasteiger charge is 2.36. The lowest BCUT2D eigenvalue weighted by atomic mass is 10.00. The van der Waals surface area contributed by atoms with Crippen LogP contribution in [0.5, 0.6) is 0 Å². The Morgan fingerprint density at radius 2 is 1.88 bits per heavy atom. The third-order valence-corrected chi connectivity index (χ3v) is 6.04. The summed E-state index contributed by atoms with van der Waals surface area (Å²) in [6.45, 7) is 2.10. The molecule has 0 aliphatic carbocycles. The number of halogens is 1. The van der Waals surface area contributed by atoms with Crippen molar-refractivity contribution in [1.29, 1.82) is 0 Å². The van der Waals surface area contributed by atoms with Crippen LogP contribution in [0.1, 0.15) is 16.7 Å². The lowest BCUT2D eigenvalue weighted by molar-refractivity contribution is 0.197. The molecule has 132 valence electrons. The summed E-state index contributed by atoms with van der Waals surface area (Å²) in [7, 11) is -3.43. The minimum atomic E-state index is -3.43. The normalized spacial score (nSPS) is 17.1. The highest BCUT2D eigenvalue weighted by atomic mass is 35.5. The van der Waals surface area contributed by atoms with Crippen molar-refractivity contribution in [3.8, 4) is 0 Å². The van der Waals surface area contributed by atoms with Crippen molar-refractivity contribution in [3.63, 3.8) is 0 Å². The first-order valence-electron chi connectivity index (χ1n) is 7.85. The fourth-order valence-corrected chi connectivity index (χ4v) is 4.28. The summed E-state index contributed by atoms with van der Waals surface area (Å²) in [5.74, 6) is 0. The van der Waals surface area contributed by atoms with Gasteiger partial charge in [0.2, 0.25) is 0 Å². The standard InChI is InChI=1S/C18H19ClN2O3S/c1-12-7-8-15(19)10-16(12)20-18(22)21-11-14-6-4-3-5-13(14)9-17(21)25(2,23)24/h3-8,10,17H,9,11H2,1-2H3,(H,20,22)/t17-/m0/s1. The van der Waals surface area contributed by atoms with Crippen LogP contribution >= 0.6 is 11.6 Å². The lowest BCUT2D eigenvalue weighted by Crippen LogP contribution is -2.49. The van der Waals surface area contributed by atoms with Crippen molar-refractivity contribution in [1.82, 2.24) is 4.90 Å². The van der Waals surface area contributed by atoms with Crippen molar-refractivity contribution >= 4 is 33.2 Å². The topological polar surface area (TPSA) is 66.5 Å². The van der Waals surface area contributed by atoms with E-state index in [-0.39, 0.29) is 13.0 Å². The molecule has 2 aromatic carbocycles. The quantitative estimate of drug-likeness (QED) is 0.868. The number of aryl methyl sites for hydroxylation is 1. The van der Waals surface area contributed by atoms with Gasteiger partial charge in [0.25, 0.3) is 0 Å². The van der Waals surface area contributed by atoms with Gasteiger partial charge in [-0.3, -0.25) is 0 Å². The molecule has 0 saturated heterocycles. The van der Waals surface area contributed by atoms with Gasteiger partial charge in [0.15, 0.2) is 9.84 Å². The minimum Gasteiger partial charge on any atom is -0.307 e. The first-order valence-corrected chi connectivity index (χ1v) is 10.2. The molecule has 0 spiro atoms. The third kappa shape index (κ3) is 3.80. The van der Waals surface area contributed by atoms with E-state index in [0.29, 0.717) is 10.7 Å². The Bertz CT molecular complexity index is 928. The number of rotatable bonds is 2. The van der Waals surface area contributed by atoms with E-state index in [2.05, 4.69) is 5.32 Å². The van der Waals surface area contributed by atoms with Crippen LogP contribution < -0.4 is 5.32 Å². The molecule has 1 N–H and O–H groups in total. The number of urea groups is 1. The molecule has 0 aromatic heterocycles. The summed E-state index contributed by atoms with van der Waals surface area (Å²) in [5.41, 5.74) is 3.34. The summed E-state index contributed by atoms with van der Waals surface area (Å²) in [6.07, 6.45) is 1.45. The second-order valence-corrected chi connectivity index (χ2v) is 8.91. The van der Waals surface area contributed by atoms with Gasteiger partial charge in [-0.1, -0.05) is 41.9 Å². The van der Waals surface area contributed by atoms with Crippen LogP contribution in [-0.4, -0.2) is 31.0 Å². The lowest BCUT2D eigenvalue weighted by Gasteiger charge is -2.35. The number of benzene rings is 2. The second kappa shape index (κ2) is 6.69. The van der Waals surface area contributed by atoms with E-state index in [1.807, 2.05) is 31.2 Å². The maximum absolute atomic E-state index is 12.8. The Kier molecular flexibility index (Phi) is 4.75. The van der Waals surface area contributed by atoms with E-state index in [9.17, 15) is 13.2 Å². The SMILES string of the molecule is Cc1ccc(Cl)cc1NC(=O)N1Cc2ccccc2C[C@@H]1S(C)(=O)=O. The number of anilines is 1. The Hall–Kier alpha value is -2.05. The smallest absolute Gasteiger partial charge is 0.307 e. The number of fused-ring (bicyclic) bond motifs is 1. The van der Waals surface area contributed by atoms with Gasteiger partial charge in [-0.25, -0.2) is 13.2 Å². The molecule has 0 fully saturated rings. The molecule has 0 bridgehead atoms. The molecule has 25 heavy (non-hydrogen) atoms. The van der Waals surface area contributed by atoms with E-state index in [4.69, 9.17) is 11.6 Å². The van der Waals surface area contributed by atoms with Crippen LogP contribution in [0.3, 0.4) is 0 Å². The molecule has 5 nitrogen and oxygen atoms in total. The van der Waals surface area contributed by atoms with E-state index in [1.165, 1.54) is 4.90 Å². The van der Waals surface area contributed by atoms with Gasteiger partial charge in [-0.15, -0.1) is 0 Å². The van der Waals surface area contributed by atoms with Gasteiger partial charge in [0.1, 0.15) is 5.37 Å². The number of sulfone groups is 1. The van der Waals surface area contributed by atoms with Crippen molar-refractivity contribution in [3.05, 3.63) is 64.2 Å². The minimum absolute atomic E-state index is 0.249. The van der Waals surface area contributed by atoms with Crippen LogP contribution in [0.2, 0.25) is 5.02 Å². The van der Waals surface area contributed by atoms with Gasteiger partial charge in [-0.2, -0.15) is 0 Å². The largest absolute Gasteiger partial charge is 0.323 e. The van der Waals surface area contributed by atoms with Crippen molar-refractivity contribution < 1.29 is 13.2 Å². The van der Waals surface area contributed by atoms with Crippen LogP contribution in [-0.2, 0) is 22.8 Å². The molecule has 1 aliphatic rings. The number of amides is 2. The summed E-state index contributed by atoms with van der Waals surface area (Å²) in [4.78, 5) is 14.2. The number of nitrogens with one attached hydrogen (secondary N) is 1. The van der Waals surface area contributed by atoms with Crippen molar-refractivity contribution in [2.75, 3.05) is 11.6 Å². The maximum Gasteiger partial charge on any atom is 0.323 e. The van der Waals surface area contributed by atoms with E-state index >= 15 is 0 Å². The number of hydrogen-bond donors (Lipinski definition) is 1. The molecule has 1 heterocycles. The summed E-state index contributed by atoms with van der Waals surface area (Å²) in [5, 5.41) is 2.41. The van der Waals surface area contributed by atoms with Crippen LogP contribution in [0.4, 0.5) is 10.5 Å². The summed E-state index contributed by atoms with van der Waals surface area (Å²) in [6, 6.07) is 12.3. The molecule has 1 atom stereocenters. The fraction of sp³-hybridized carbons (Fsp3) is 0.278. The fourth-order valence-electron chi connectivity index (χ4n) is 3.00. The predicted molar refractivity (Wildman–Crippen MR) is 99.5 cm³/mol. The monoisotopic (exact) mass is 378 g/mol. The molecule has 2 aromatic rings. The van der Waals surface area contributed by atoms with Gasteiger partial charge in [0.05, 0.1) is 0 Å². The molecule has 1 aliphatic heterocycles. The Balaban J connectivity index is 1.93. The van der Waals surface area contributed by atoms with Crippen LogP contribution in [0.25, 0.3) is 0 Å². The van der Waals surface area contributed by atoms with E-state index < -0.39 is 21.2 Å². The van der Waals surface area contributed by atoms with E-state index in [0.717, 1.165) is 22.9 Å². The van der Waals surface area contributed by atoms with Gasteiger partial charge in [0, 0.05) is 29.9 Å². The van der Waals surface area contributed by atoms with Crippen LogP contribution in [0.15, 0.2) is 42.5 Å². The molecule has 0 unspecified atom stereocenters. The molecule has 0 radical (unpaired) electrons. The molecule has 3 rings (SSSR count). The Morgan fingerprint density at radius 1 is 1.20 bits per heavy atom. The average molecular weight is 379 g/mol. The highest BCUT2D eigenvalue weighted by Crippen LogP contribution is 2.27. The molecule has 7 heteroatoms. The predicted octanol–water partition coefficient (Wildman–Crippen LogP) is 3.61. The molecule has 0 saturated carbocycles.